The van der Waals surface area contributed by atoms with Crippen LogP contribution in [0, 0.1) is 6.42 Å². The molecule has 0 aliphatic rings. The third-order valence-corrected chi connectivity index (χ3v) is 2.21. The number of H-pyrrole nitrogens is 1. The van der Waals surface area contributed by atoms with Crippen LogP contribution in [-0.2, 0) is 9.53 Å². The molecule has 0 aliphatic carbocycles. The summed E-state index contributed by atoms with van der Waals surface area (Å²) in [7, 11) is 1.28. The van der Waals surface area contributed by atoms with Crippen molar-refractivity contribution in [3.63, 3.8) is 0 Å². The van der Waals surface area contributed by atoms with E-state index in [1.807, 2.05) is 30.3 Å². The maximum atomic E-state index is 10.8. The zero-order valence-electron chi connectivity index (χ0n) is 9.75. The van der Waals surface area contributed by atoms with Crippen molar-refractivity contribution in [3.05, 3.63) is 42.8 Å². The Morgan fingerprint density at radius 3 is 2.94 bits per heavy atom. The molecule has 2 radical (unpaired) electrons. The summed E-state index contributed by atoms with van der Waals surface area (Å²) in [6.45, 7) is 0. The first-order valence-corrected chi connectivity index (χ1v) is 5.27. The van der Waals surface area contributed by atoms with Gasteiger partial charge in [0.1, 0.15) is 6.42 Å². The van der Waals surface area contributed by atoms with E-state index in [1.54, 1.807) is 6.07 Å². The number of ether oxygens (including phenoxy) is 1. The number of nitrogens with one attached hydrogen (secondary N) is 1. The zero-order valence-corrected chi connectivity index (χ0v) is 9.75. The zero-order chi connectivity index (χ0) is 12.8. The summed E-state index contributed by atoms with van der Waals surface area (Å²) in [5, 5.41) is 6.87. The van der Waals surface area contributed by atoms with Gasteiger partial charge in [0.25, 0.3) is 0 Å². The molecule has 0 amide bonds. The number of methoxy groups -OCH3 is 1. The van der Waals surface area contributed by atoms with Gasteiger partial charge in [0.2, 0.25) is 0 Å². The molecule has 0 saturated carbocycles. The van der Waals surface area contributed by atoms with Crippen LogP contribution >= 0.6 is 0 Å². The number of esters is 1. The van der Waals surface area contributed by atoms with Gasteiger partial charge < -0.3 is 4.74 Å². The molecule has 0 unspecified atom stereocenters. The van der Waals surface area contributed by atoms with Crippen LogP contribution < -0.4 is 0 Å². The second-order valence-electron chi connectivity index (χ2n) is 3.40. The third-order valence-electron chi connectivity index (χ3n) is 2.21. The van der Waals surface area contributed by atoms with Crippen molar-refractivity contribution in [2.45, 2.75) is 0 Å². The van der Waals surface area contributed by atoms with Crippen LogP contribution in [0.25, 0.3) is 11.3 Å². The summed E-state index contributed by atoms with van der Waals surface area (Å²) in [5.74, 6) is -0.0946. The Morgan fingerprint density at radius 2 is 2.22 bits per heavy atom. The van der Waals surface area contributed by atoms with E-state index in [-0.39, 0.29) is 0 Å². The lowest BCUT2D eigenvalue weighted by atomic mass is 10.2. The van der Waals surface area contributed by atoms with Gasteiger partial charge in [0.05, 0.1) is 12.8 Å². The number of hydrogen-bond donors (Lipinski definition) is 1. The van der Waals surface area contributed by atoms with Crippen LogP contribution in [0.3, 0.4) is 0 Å². The standard InChI is InChI=1S/C13H11N3O2/c1-18-13(17)7-8-14-12-9-11(15-16-12)10-5-3-2-4-6-10/h2-6,8-9H,1H3,(H,15,16). The van der Waals surface area contributed by atoms with Gasteiger partial charge in [0.15, 0.2) is 5.82 Å². The van der Waals surface area contributed by atoms with Gasteiger partial charge in [-0.15, -0.1) is 0 Å². The molecule has 0 atom stereocenters. The van der Waals surface area contributed by atoms with Crippen LogP contribution in [0.1, 0.15) is 0 Å². The minimum atomic E-state index is -0.572. The number of hydrogen-bond acceptors (Lipinski definition) is 4. The highest BCUT2D eigenvalue weighted by molar-refractivity contribution is 5.98. The molecule has 0 fully saturated rings. The van der Waals surface area contributed by atoms with Crippen molar-refractivity contribution in [1.29, 1.82) is 0 Å². The molecule has 5 heteroatoms. The van der Waals surface area contributed by atoms with Crippen LogP contribution in [-0.4, -0.2) is 29.5 Å². The molecule has 18 heavy (non-hydrogen) atoms. The van der Waals surface area contributed by atoms with Gasteiger partial charge in [-0.05, 0) is 5.56 Å². The Hall–Kier alpha value is -2.43. The molecule has 0 saturated heterocycles. The second-order valence-corrected chi connectivity index (χ2v) is 3.40. The monoisotopic (exact) mass is 241 g/mol. The van der Waals surface area contributed by atoms with Gasteiger partial charge in [-0.2, -0.15) is 5.10 Å². The largest absolute Gasteiger partial charge is 0.468 e. The molecule has 5 nitrogen and oxygen atoms in total. The van der Waals surface area contributed by atoms with Crippen LogP contribution in [0.4, 0.5) is 5.82 Å². The highest BCUT2D eigenvalue weighted by Gasteiger charge is 2.02. The van der Waals surface area contributed by atoms with E-state index in [9.17, 15) is 4.79 Å². The van der Waals surface area contributed by atoms with Gasteiger partial charge >= 0.3 is 5.97 Å². The van der Waals surface area contributed by atoms with Crippen molar-refractivity contribution in [2.75, 3.05) is 7.11 Å². The summed E-state index contributed by atoms with van der Waals surface area (Å²) >= 11 is 0. The number of aliphatic imine (C=N–C) groups is 1. The Kier molecular flexibility index (Phi) is 3.86. The third kappa shape index (κ3) is 3.04. The highest BCUT2D eigenvalue weighted by Crippen LogP contribution is 2.20. The van der Waals surface area contributed by atoms with E-state index in [1.165, 1.54) is 13.3 Å². The minimum Gasteiger partial charge on any atom is -0.468 e. The topological polar surface area (TPSA) is 67.3 Å². The molecule has 1 N–H and O–H groups in total. The average Bonchev–Trinajstić information content (AvgIpc) is 2.88. The number of carbonyl (C=O) groups is 1. The Balaban J connectivity index is 2.05. The van der Waals surface area contributed by atoms with E-state index in [2.05, 4.69) is 26.3 Å². The fourth-order valence-electron chi connectivity index (χ4n) is 1.35. The van der Waals surface area contributed by atoms with Gasteiger partial charge in [-0.3, -0.25) is 9.89 Å². The molecule has 2 aromatic rings. The minimum absolute atomic E-state index is 0.477. The van der Waals surface area contributed by atoms with E-state index < -0.39 is 5.97 Å². The van der Waals surface area contributed by atoms with Crippen LogP contribution in [0.2, 0.25) is 0 Å². The van der Waals surface area contributed by atoms with Crippen molar-refractivity contribution in [1.82, 2.24) is 10.2 Å². The molecule has 90 valence electrons. The first kappa shape index (κ1) is 12.0. The number of carbonyl (C=O) groups excluding carboxylic acids is 1. The SMILES string of the molecule is COC(=O)[C]C=Nc1cc(-c2ccccc2)[nH]n1. The number of rotatable bonds is 4. The Morgan fingerprint density at radius 1 is 1.44 bits per heavy atom. The summed E-state index contributed by atoms with van der Waals surface area (Å²) in [5.41, 5.74) is 1.88. The number of aromatic amines is 1. The predicted octanol–water partition coefficient (Wildman–Crippen LogP) is 2.03. The molecule has 1 aromatic heterocycles. The molecular weight excluding hydrogens is 230 g/mol. The van der Waals surface area contributed by atoms with Crippen molar-refractivity contribution in [2.24, 2.45) is 4.99 Å². The molecular formula is C13H11N3O2. The van der Waals surface area contributed by atoms with Gasteiger partial charge in [0, 0.05) is 12.3 Å². The van der Waals surface area contributed by atoms with Crippen LogP contribution in [0.5, 0.6) is 0 Å². The maximum Gasteiger partial charge on any atom is 0.320 e. The lowest BCUT2D eigenvalue weighted by molar-refractivity contribution is -0.135. The first-order chi connectivity index (χ1) is 8.79. The molecule has 0 aliphatic heterocycles. The lowest BCUT2D eigenvalue weighted by Crippen LogP contribution is -2.00. The van der Waals surface area contributed by atoms with E-state index in [4.69, 9.17) is 0 Å². The molecule has 1 aromatic carbocycles. The lowest BCUT2D eigenvalue weighted by Gasteiger charge is -1.93. The van der Waals surface area contributed by atoms with Crippen molar-refractivity contribution < 1.29 is 9.53 Å². The Bertz CT molecular complexity index is 546. The highest BCUT2D eigenvalue weighted by atomic mass is 16.5. The molecule has 0 bridgehead atoms. The quantitative estimate of drug-likeness (QED) is 0.657. The molecule has 2 rings (SSSR count). The number of aromatic nitrogens is 2. The summed E-state index contributed by atoms with van der Waals surface area (Å²) in [4.78, 5) is 14.7. The fourth-order valence-corrected chi connectivity index (χ4v) is 1.35. The smallest absolute Gasteiger partial charge is 0.320 e. The number of benzene rings is 1. The fraction of sp³-hybridized carbons (Fsp3) is 0.0769. The summed E-state index contributed by atoms with van der Waals surface area (Å²) < 4.78 is 4.39. The van der Waals surface area contributed by atoms with Crippen molar-refractivity contribution in [3.8, 4) is 11.3 Å². The second kappa shape index (κ2) is 5.77. The Labute approximate surface area is 105 Å². The van der Waals surface area contributed by atoms with E-state index in [0.29, 0.717) is 5.82 Å². The average molecular weight is 241 g/mol. The number of nitrogens with zero attached hydrogens (tertiary/aromatic N) is 2. The molecule has 1 heterocycles. The first-order valence-electron chi connectivity index (χ1n) is 5.27. The predicted molar refractivity (Wildman–Crippen MR) is 67.4 cm³/mol. The van der Waals surface area contributed by atoms with Crippen molar-refractivity contribution >= 4 is 18.0 Å². The van der Waals surface area contributed by atoms with E-state index >= 15 is 0 Å². The summed E-state index contributed by atoms with van der Waals surface area (Å²) in [6, 6.07) is 11.5. The van der Waals surface area contributed by atoms with E-state index in [0.717, 1.165) is 11.3 Å². The maximum absolute atomic E-state index is 10.8. The van der Waals surface area contributed by atoms with Gasteiger partial charge in [-0.1, -0.05) is 30.3 Å². The summed E-state index contributed by atoms with van der Waals surface area (Å²) in [6.07, 6.45) is 3.56. The van der Waals surface area contributed by atoms with Gasteiger partial charge in [-0.25, -0.2) is 4.99 Å². The normalized spacial score (nSPS) is 10.7. The van der Waals surface area contributed by atoms with Crippen LogP contribution in [0.15, 0.2) is 41.4 Å². The molecule has 0 spiro atoms.